The number of nitrogens with zero attached hydrogens (tertiary/aromatic N) is 6. The Hall–Kier alpha value is -4.40. The van der Waals surface area contributed by atoms with E-state index in [9.17, 15) is 4.79 Å². The van der Waals surface area contributed by atoms with E-state index in [1.165, 1.54) is 7.11 Å². The number of methoxy groups -OCH3 is 1. The lowest BCUT2D eigenvalue weighted by Gasteiger charge is -2.11. The zero-order chi connectivity index (χ0) is 23.7. The van der Waals surface area contributed by atoms with Crippen LogP contribution in [0.3, 0.4) is 0 Å². The van der Waals surface area contributed by atoms with Gasteiger partial charge in [0.05, 0.1) is 13.7 Å². The number of H-pyrrole nitrogens is 1. The molecule has 0 radical (unpaired) electrons. The molecule has 0 saturated heterocycles. The van der Waals surface area contributed by atoms with Crippen molar-refractivity contribution in [3.8, 4) is 22.5 Å². The van der Waals surface area contributed by atoms with Crippen LogP contribution >= 0.6 is 0 Å². The van der Waals surface area contributed by atoms with Gasteiger partial charge in [-0.2, -0.15) is 5.21 Å². The van der Waals surface area contributed by atoms with Crippen LogP contribution < -0.4 is 0 Å². The average molecular weight is 454 g/mol. The second-order valence-electron chi connectivity index (χ2n) is 7.93. The van der Waals surface area contributed by atoms with Gasteiger partial charge in [0.1, 0.15) is 11.3 Å². The highest BCUT2D eigenvalue weighted by molar-refractivity contribution is 5.91. The fraction of sp³-hybridized carbons (Fsp3) is 0.200. The van der Waals surface area contributed by atoms with Crippen molar-refractivity contribution in [3.63, 3.8) is 0 Å². The molecule has 0 aliphatic heterocycles. The van der Waals surface area contributed by atoms with E-state index < -0.39 is 5.97 Å². The minimum Gasteiger partial charge on any atom is -0.464 e. The van der Waals surface area contributed by atoms with Gasteiger partial charge in [-0.15, -0.1) is 10.2 Å². The minimum atomic E-state index is -0.458. The molecule has 5 rings (SSSR count). The summed E-state index contributed by atoms with van der Waals surface area (Å²) in [7, 11) is 1.36. The lowest BCUT2D eigenvalue weighted by atomic mass is 9.98. The van der Waals surface area contributed by atoms with Gasteiger partial charge in [0, 0.05) is 12.0 Å². The molecule has 1 N–H and O–H groups in total. The highest BCUT2D eigenvalue weighted by atomic mass is 16.5. The summed E-state index contributed by atoms with van der Waals surface area (Å²) >= 11 is 0. The van der Waals surface area contributed by atoms with Crippen LogP contribution in [0.25, 0.3) is 33.7 Å². The van der Waals surface area contributed by atoms with E-state index in [4.69, 9.17) is 9.72 Å². The summed E-state index contributed by atoms with van der Waals surface area (Å²) in [4.78, 5) is 21.5. The number of aromatic nitrogens is 7. The van der Waals surface area contributed by atoms with Crippen molar-refractivity contribution in [2.45, 2.75) is 26.8 Å². The number of tetrazole rings is 1. The molecule has 2 aromatic carbocycles. The summed E-state index contributed by atoms with van der Waals surface area (Å²) in [5, 5.41) is 14.4. The summed E-state index contributed by atoms with van der Waals surface area (Å²) in [5.74, 6) is 1.01. The third-order valence-electron chi connectivity index (χ3n) is 5.80. The number of hydrogen-bond donors (Lipinski definition) is 1. The summed E-state index contributed by atoms with van der Waals surface area (Å²) in [6, 6.07) is 18.0. The monoisotopic (exact) mass is 453 g/mol. The number of carbonyl (C=O) groups excluding carboxylic acids is 1. The average Bonchev–Trinajstić information content (AvgIpc) is 3.53. The first-order valence-electron chi connectivity index (χ1n) is 11.0. The van der Waals surface area contributed by atoms with Crippen LogP contribution in [0.15, 0.2) is 54.6 Å². The molecule has 3 heterocycles. The number of hydrogen-bond acceptors (Lipinski definition) is 7. The predicted molar refractivity (Wildman–Crippen MR) is 127 cm³/mol. The van der Waals surface area contributed by atoms with Gasteiger partial charge in [0.15, 0.2) is 11.3 Å². The number of benzene rings is 2. The molecular formula is C25H23N7O2. The topological polar surface area (TPSA) is 111 Å². The summed E-state index contributed by atoms with van der Waals surface area (Å²) in [6.45, 7) is 4.58. The van der Waals surface area contributed by atoms with Gasteiger partial charge in [0.25, 0.3) is 0 Å². The third kappa shape index (κ3) is 3.81. The number of carbonyl (C=O) groups is 1. The van der Waals surface area contributed by atoms with E-state index in [1.54, 1.807) is 6.07 Å². The molecule has 3 aromatic heterocycles. The van der Waals surface area contributed by atoms with Crippen molar-refractivity contribution >= 4 is 17.1 Å². The summed E-state index contributed by atoms with van der Waals surface area (Å²) < 4.78 is 6.94. The van der Waals surface area contributed by atoms with Crippen LogP contribution in [0.2, 0.25) is 0 Å². The molecule has 0 atom stereocenters. The Morgan fingerprint density at radius 2 is 1.82 bits per heavy atom. The minimum absolute atomic E-state index is 0.282. The molecule has 0 saturated carbocycles. The number of rotatable bonds is 6. The molecule has 170 valence electrons. The molecule has 0 amide bonds. The van der Waals surface area contributed by atoms with Gasteiger partial charge < -0.3 is 9.30 Å². The van der Waals surface area contributed by atoms with E-state index in [1.807, 2.05) is 31.2 Å². The van der Waals surface area contributed by atoms with Gasteiger partial charge in [-0.1, -0.05) is 55.5 Å². The maximum atomic E-state index is 12.1. The van der Waals surface area contributed by atoms with Crippen molar-refractivity contribution in [2.75, 3.05) is 7.11 Å². The van der Waals surface area contributed by atoms with E-state index in [2.05, 4.69) is 61.4 Å². The second-order valence-corrected chi connectivity index (χ2v) is 7.93. The van der Waals surface area contributed by atoms with Crippen LogP contribution in [-0.4, -0.2) is 48.2 Å². The van der Waals surface area contributed by atoms with Gasteiger partial charge in [0.2, 0.25) is 5.82 Å². The van der Waals surface area contributed by atoms with Crippen LogP contribution in [0.4, 0.5) is 0 Å². The van der Waals surface area contributed by atoms with Crippen LogP contribution in [0.1, 0.15) is 34.4 Å². The summed E-state index contributed by atoms with van der Waals surface area (Å²) in [5.41, 5.74) is 6.75. The standard InChI is InChI=1S/C25H23N7O2/c1-4-21-27-22-15(2)13-20(25(33)34-3)26-24(22)32(21)14-16-9-11-17(12-10-16)18-7-5-6-8-19(18)23-28-30-31-29-23/h5-13H,4,14H2,1-3H3,(H,28,29,30,31). The van der Waals surface area contributed by atoms with Gasteiger partial charge in [-0.25, -0.2) is 14.8 Å². The van der Waals surface area contributed by atoms with Crippen molar-refractivity contribution in [3.05, 3.63) is 77.2 Å². The number of esters is 1. The molecule has 34 heavy (non-hydrogen) atoms. The van der Waals surface area contributed by atoms with Gasteiger partial charge in [-0.05, 0) is 40.5 Å². The van der Waals surface area contributed by atoms with E-state index >= 15 is 0 Å². The lowest BCUT2D eigenvalue weighted by molar-refractivity contribution is 0.0594. The van der Waals surface area contributed by atoms with Gasteiger partial charge in [-0.3, -0.25) is 0 Å². The SMILES string of the molecule is CCc1nc2c(C)cc(C(=O)OC)nc2n1Cc1ccc(-c2ccccc2-c2nn[nH]n2)cc1. The first kappa shape index (κ1) is 21.4. The first-order valence-corrected chi connectivity index (χ1v) is 11.0. The van der Waals surface area contributed by atoms with Crippen LogP contribution in [0.5, 0.6) is 0 Å². The number of aryl methyl sites for hydroxylation is 2. The molecule has 0 fully saturated rings. The summed E-state index contributed by atoms with van der Waals surface area (Å²) in [6.07, 6.45) is 0.750. The molecule has 0 spiro atoms. The van der Waals surface area contributed by atoms with Crippen molar-refractivity contribution in [1.29, 1.82) is 0 Å². The maximum Gasteiger partial charge on any atom is 0.356 e. The molecule has 9 nitrogen and oxygen atoms in total. The number of nitrogens with one attached hydrogen (secondary N) is 1. The third-order valence-corrected chi connectivity index (χ3v) is 5.80. The number of fused-ring (bicyclic) bond motifs is 1. The Balaban J connectivity index is 1.51. The largest absolute Gasteiger partial charge is 0.464 e. The zero-order valence-electron chi connectivity index (χ0n) is 19.1. The fourth-order valence-corrected chi connectivity index (χ4v) is 4.11. The number of ether oxygens (including phenoxy) is 1. The Morgan fingerprint density at radius 3 is 2.50 bits per heavy atom. The molecular weight excluding hydrogens is 430 g/mol. The van der Waals surface area contributed by atoms with Crippen molar-refractivity contribution in [2.24, 2.45) is 0 Å². The molecule has 0 bridgehead atoms. The van der Waals surface area contributed by atoms with E-state index in [0.717, 1.165) is 45.6 Å². The Kier molecular flexibility index (Phi) is 5.59. The maximum absolute atomic E-state index is 12.1. The molecule has 5 aromatic rings. The Labute approximate surface area is 195 Å². The van der Waals surface area contributed by atoms with Gasteiger partial charge >= 0.3 is 5.97 Å². The molecule has 0 unspecified atom stereocenters. The highest BCUT2D eigenvalue weighted by Gasteiger charge is 2.18. The second kappa shape index (κ2) is 8.86. The quantitative estimate of drug-likeness (QED) is 0.387. The lowest BCUT2D eigenvalue weighted by Crippen LogP contribution is -2.09. The van der Waals surface area contributed by atoms with Crippen molar-refractivity contribution < 1.29 is 9.53 Å². The molecule has 9 heteroatoms. The molecule has 0 aliphatic rings. The normalized spacial score (nSPS) is 11.1. The van der Waals surface area contributed by atoms with E-state index in [-0.39, 0.29) is 5.69 Å². The van der Waals surface area contributed by atoms with Crippen LogP contribution in [-0.2, 0) is 17.7 Å². The number of pyridine rings is 1. The molecule has 0 aliphatic carbocycles. The zero-order valence-corrected chi connectivity index (χ0v) is 19.1. The number of imidazole rings is 1. The van der Waals surface area contributed by atoms with Crippen molar-refractivity contribution in [1.82, 2.24) is 35.2 Å². The number of aromatic amines is 1. The fourth-order valence-electron chi connectivity index (χ4n) is 4.11. The Bertz CT molecular complexity index is 1470. The van der Waals surface area contributed by atoms with Crippen LogP contribution in [0, 0.1) is 6.92 Å². The Morgan fingerprint density at radius 1 is 1.06 bits per heavy atom. The highest BCUT2D eigenvalue weighted by Crippen LogP contribution is 2.30. The van der Waals surface area contributed by atoms with E-state index in [0.29, 0.717) is 18.0 Å². The first-order chi connectivity index (χ1) is 16.6. The smallest absolute Gasteiger partial charge is 0.356 e. The predicted octanol–water partition coefficient (Wildman–Crippen LogP) is 3.98.